The number of imidazole rings is 1. The van der Waals surface area contributed by atoms with Crippen molar-refractivity contribution in [2.75, 3.05) is 20.3 Å². The van der Waals surface area contributed by atoms with E-state index in [1.165, 1.54) is 0 Å². The third kappa shape index (κ3) is 3.01. The van der Waals surface area contributed by atoms with Crippen LogP contribution in [0.4, 0.5) is 0 Å². The van der Waals surface area contributed by atoms with Gasteiger partial charge in [0.1, 0.15) is 11.6 Å². The molecule has 0 aliphatic carbocycles. The summed E-state index contributed by atoms with van der Waals surface area (Å²) in [6.45, 7) is 4.62. The fraction of sp³-hybridized carbons (Fsp3) is 0.562. The summed E-state index contributed by atoms with van der Waals surface area (Å²) in [6.07, 6.45) is 2.19. The summed E-state index contributed by atoms with van der Waals surface area (Å²) in [5, 5.41) is -0.108. The van der Waals surface area contributed by atoms with Gasteiger partial charge >= 0.3 is 0 Å². The zero-order chi connectivity index (χ0) is 14.8. The van der Waals surface area contributed by atoms with Crippen LogP contribution in [0.15, 0.2) is 18.2 Å². The second-order valence-corrected chi connectivity index (χ2v) is 6.26. The number of ether oxygens (including phenoxy) is 2. The molecule has 0 saturated carbocycles. The maximum atomic E-state index is 6.33. The van der Waals surface area contributed by atoms with Crippen molar-refractivity contribution in [2.45, 2.75) is 31.7 Å². The van der Waals surface area contributed by atoms with Gasteiger partial charge in [0.05, 0.1) is 23.5 Å². The molecule has 0 spiro atoms. The van der Waals surface area contributed by atoms with Crippen LogP contribution in [0, 0.1) is 5.92 Å². The molecule has 1 aromatic heterocycles. The van der Waals surface area contributed by atoms with E-state index in [0.717, 1.165) is 55.2 Å². The normalized spacial score (nSPS) is 18.0. The lowest BCUT2D eigenvalue weighted by atomic mass is 10.0. The third-order valence-corrected chi connectivity index (χ3v) is 4.32. The van der Waals surface area contributed by atoms with Gasteiger partial charge in [0.2, 0.25) is 0 Å². The van der Waals surface area contributed by atoms with Crippen LogP contribution in [0.1, 0.15) is 31.0 Å². The molecule has 21 heavy (non-hydrogen) atoms. The number of hydrogen-bond donors (Lipinski definition) is 0. The molecule has 0 amide bonds. The number of nitrogens with zero attached hydrogens (tertiary/aromatic N) is 2. The van der Waals surface area contributed by atoms with Crippen molar-refractivity contribution in [1.29, 1.82) is 0 Å². The lowest BCUT2D eigenvalue weighted by Gasteiger charge is -2.24. The Morgan fingerprint density at radius 1 is 1.43 bits per heavy atom. The van der Waals surface area contributed by atoms with E-state index in [1.807, 2.05) is 25.1 Å². The van der Waals surface area contributed by atoms with Crippen LogP contribution in [-0.4, -0.2) is 29.9 Å². The van der Waals surface area contributed by atoms with Gasteiger partial charge in [-0.2, -0.15) is 0 Å². The summed E-state index contributed by atoms with van der Waals surface area (Å²) >= 11 is 6.33. The standard InChI is InChI=1S/C16H21ClN2O2/c1-11(17)16-18-14-4-3-13(20-2)9-15(14)19(16)10-12-5-7-21-8-6-12/h3-4,9,11-12H,5-8,10H2,1-2H3. The van der Waals surface area contributed by atoms with Crippen LogP contribution in [-0.2, 0) is 11.3 Å². The van der Waals surface area contributed by atoms with Gasteiger partial charge in [-0.1, -0.05) is 0 Å². The molecule has 2 aromatic rings. The molecule has 5 heteroatoms. The van der Waals surface area contributed by atoms with Gasteiger partial charge in [0.15, 0.2) is 0 Å². The zero-order valence-electron chi connectivity index (χ0n) is 12.5. The topological polar surface area (TPSA) is 36.3 Å². The first-order chi connectivity index (χ1) is 10.2. The minimum atomic E-state index is -0.108. The molecule has 1 saturated heterocycles. The second kappa shape index (κ2) is 6.24. The molecule has 1 aliphatic rings. The molecule has 0 radical (unpaired) electrons. The molecule has 1 atom stereocenters. The maximum Gasteiger partial charge on any atom is 0.127 e. The molecule has 1 fully saturated rings. The molecule has 1 aliphatic heterocycles. The van der Waals surface area contributed by atoms with Crippen LogP contribution < -0.4 is 4.74 Å². The molecule has 0 bridgehead atoms. The van der Waals surface area contributed by atoms with Crippen molar-refractivity contribution in [3.8, 4) is 5.75 Å². The molecular formula is C16H21ClN2O2. The van der Waals surface area contributed by atoms with Crippen LogP contribution >= 0.6 is 11.6 Å². The average molecular weight is 309 g/mol. The fourth-order valence-electron chi connectivity index (χ4n) is 2.93. The SMILES string of the molecule is COc1ccc2nc(C(C)Cl)n(CC3CCOCC3)c2c1. The number of methoxy groups -OCH3 is 1. The van der Waals surface area contributed by atoms with Gasteiger partial charge < -0.3 is 14.0 Å². The summed E-state index contributed by atoms with van der Waals surface area (Å²) in [4.78, 5) is 4.70. The molecule has 2 heterocycles. The quantitative estimate of drug-likeness (QED) is 0.807. The summed E-state index contributed by atoms with van der Waals surface area (Å²) < 4.78 is 13.0. The zero-order valence-corrected chi connectivity index (χ0v) is 13.3. The van der Waals surface area contributed by atoms with Crippen molar-refractivity contribution >= 4 is 22.6 Å². The van der Waals surface area contributed by atoms with Crippen molar-refractivity contribution in [2.24, 2.45) is 5.92 Å². The minimum Gasteiger partial charge on any atom is -0.497 e. The van der Waals surface area contributed by atoms with Crippen LogP contribution in [0.3, 0.4) is 0 Å². The number of alkyl halides is 1. The van der Waals surface area contributed by atoms with E-state index in [-0.39, 0.29) is 5.38 Å². The summed E-state index contributed by atoms with van der Waals surface area (Å²) in [5.74, 6) is 2.41. The van der Waals surface area contributed by atoms with Crippen LogP contribution in [0.2, 0.25) is 0 Å². The van der Waals surface area contributed by atoms with E-state index in [0.29, 0.717) is 5.92 Å². The Morgan fingerprint density at radius 2 is 2.19 bits per heavy atom. The summed E-state index contributed by atoms with van der Waals surface area (Å²) in [6, 6.07) is 5.98. The van der Waals surface area contributed by atoms with Crippen LogP contribution in [0.5, 0.6) is 5.75 Å². The molecule has 4 nitrogen and oxygen atoms in total. The first kappa shape index (κ1) is 14.7. The lowest BCUT2D eigenvalue weighted by Crippen LogP contribution is -2.21. The Hall–Kier alpha value is -1.26. The van der Waals surface area contributed by atoms with Gasteiger partial charge in [0.25, 0.3) is 0 Å². The van der Waals surface area contributed by atoms with E-state index in [9.17, 15) is 0 Å². The van der Waals surface area contributed by atoms with Crippen molar-refractivity contribution < 1.29 is 9.47 Å². The predicted octanol–water partition coefficient (Wildman–Crippen LogP) is 3.77. The van der Waals surface area contributed by atoms with Gasteiger partial charge in [-0.15, -0.1) is 11.6 Å². The van der Waals surface area contributed by atoms with Crippen LogP contribution in [0.25, 0.3) is 11.0 Å². The highest BCUT2D eigenvalue weighted by Gasteiger charge is 2.20. The van der Waals surface area contributed by atoms with Gasteiger partial charge in [-0.05, 0) is 37.8 Å². The van der Waals surface area contributed by atoms with Crippen molar-refractivity contribution in [3.63, 3.8) is 0 Å². The average Bonchev–Trinajstić information content (AvgIpc) is 2.86. The van der Waals surface area contributed by atoms with Crippen molar-refractivity contribution in [1.82, 2.24) is 9.55 Å². The van der Waals surface area contributed by atoms with Crippen molar-refractivity contribution in [3.05, 3.63) is 24.0 Å². The predicted molar refractivity (Wildman–Crippen MR) is 84.1 cm³/mol. The Balaban J connectivity index is 2.01. The molecule has 3 rings (SSSR count). The Kier molecular flexibility index (Phi) is 4.36. The number of hydrogen-bond acceptors (Lipinski definition) is 3. The fourth-order valence-corrected chi connectivity index (χ4v) is 3.10. The van der Waals surface area contributed by atoms with Gasteiger partial charge in [-0.3, -0.25) is 0 Å². The molecule has 1 aromatic carbocycles. The summed E-state index contributed by atoms with van der Waals surface area (Å²) in [7, 11) is 1.69. The first-order valence-electron chi connectivity index (χ1n) is 7.45. The monoisotopic (exact) mass is 308 g/mol. The molecule has 0 N–H and O–H groups in total. The molecule has 1 unspecified atom stereocenters. The Morgan fingerprint density at radius 3 is 2.86 bits per heavy atom. The largest absolute Gasteiger partial charge is 0.497 e. The number of aromatic nitrogens is 2. The maximum absolute atomic E-state index is 6.33. The van der Waals surface area contributed by atoms with Gasteiger partial charge in [0, 0.05) is 25.8 Å². The Labute approximate surface area is 130 Å². The summed E-state index contributed by atoms with van der Waals surface area (Å²) in [5.41, 5.74) is 2.08. The lowest BCUT2D eigenvalue weighted by molar-refractivity contribution is 0.0613. The Bertz CT molecular complexity index is 618. The number of halogens is 1. The highest BCUT2D eigenvalue weighted by Crippen LogP contribution is 2.29. The van der Waals surface area contributed by atoms with E-state index in [4.69, 9.17) is 26.1 Å². The van der Waals surface area contributed by atoms with E-state index < -0.39 is 0 Å². The smallest absolute Gasteiger partial charge is 0.127 e. The van der Waals surface area contributed by atoms with E-state index in [2.05, 4.69) is 4.57 Å². The number of rotatable bonds is 4. The highest BCUT2D eigenvalue weighted by molar-refractivity contribution is 6.20. The second-order valence-electron chi connectivity index (χ2n) is 5.61. The molecular weight excluding hydrogens is 288 g/mol. The number of benzene rings is 1. The third-order valence-electron chi connectivity index (χ3n) is 4.12. The van der Waals surface area contributed by atoms with Gasteiger partial charge in [-0.25, -0.2) is 4.98 Å². The molecule has 114 valence electrons. The number of fused-ring (bicyclic) bond motifs is 1. The van der Waals surface area contributed by atoms with E-state index in [1.54, 1.807) is 7.11 Å². The first-order valence-corrected chi connectivity index (χ1v) is 7.88. The van der Waals surface area contributed by atoms with E-state index >= 15 is 0 Å². The highest BCUT2D eigenvalue weighted by atomic mass is 35.5. The minimum absolute atomic E-state index is 0.108.